The van der Waals surface area contributed by atoms with Gasteiger partial charge in [-0.1, -0.05) is 17.3 Å². The first-order chi connectivity index (χ1) is 12.6. The molecule has 26 heavy (non-hydrogen) atoms. The molecule has 1 aliphatic rings. The summed E-state index contributed by atoms with van der Waals surface area (Å²) in [6.45, 7) is -0.0420. The van der Waals surface area contributed by atoms with Crippen LogP contribution in [0.2, 0.25) is 0 Å². The number of hydrogen-bond acceptors (Lipinski definition) is 5. The molecule has 0 saturated carbocycles. The summed E-state index contributed by atoms with van der Waals surface area (Å²) in [7, 11) is 0. The van der Waals surface area contributed by atoms with Gasteiger partial charge in [0.25, 0.3) is 11.8 Å². The van der Waals surface area contributed by atoms with E-state index in [2.05, 4.69) is 15.8 Å². The van der Waals surface area contributed by atoms with Crippen molar-refractivity contribution in [3.05, 3.63) is 60.1 Å². The van der Waals surface area contributed by atoms with Crippen molar-refractivity contribution in [2.45, 2.75) is 0 Å². The van der Waals surface area contributed by atoms with Crippen LogP contribution in [-0.2, 0) is 4.79 Å². The second kappa shape index (κ2) is 6.32. The van der Waals surface area contributed by atoms with Gasteiger partial charge in [0.15, 0.2) is 6.61 Å². The second-order valence-corrected chi connectivity index (χ2v) is 5.59. The summed E-state index contributed by atoms with van der Waals surface area (Å²) in [4.78, 5) is 23.7. The molecule has 2 N–H and O–H groups in total. The van der Waals surface area contributed by atoms with E-state index in [1.54, 1.807) is 30.3 Å². The Bertz CT molecular complexity index is 1020. The van der Waals surface area contributed by atoms with E-state index >= 15 is 0 Å². The Hall–Kier alpha value is -3.68. The summed E-state index contributed by atoms with van der Waals surface area (Å²) in [5.74, 6) is -0.702. The molecule has 3 aromatic rings. The summed E-state index contributed by atoms with van der Waals surface area (Å²) >= 11 is 0. The van der Waals surface area contributed by atoms with Crippen LogP contribution in [0.3, 0.4) is 0 Å². The quantitative estimate of drug-likeness (QED) is 0.755. The monoisotopic (exact) mass is 353 g/mol. The van der Waals surface area contributed by atoms with Gasteiger partial charge >= 0.3 is 0 Å². The van der Waals surface area contributed by atoms with Crippen molar-refractivity contribution in [1.29, 1.82) is 0 Å². The number of hydrogen-bond donors (Lipinski definition) is 2. The van der Waals surface area contributed by atoms with E-state index in [9.17, 15) is 14.0 Å². The minimum Gasteiger partial charge on any atom is -0.482 e. The largest absolute Gasteiger partial charge is 0.482 e. The van der Waals surface area contributed by atoms with E-state index in [-0.39, 0.29) is 18.3 Å². The molecule has 0 radical (unpaired) electrons. The van der Waals surface area contributed by atoms with Crippen molar-refractivity contribution in [2.75, 3.05) is 17.2 Å². The fourth-order valence-corrected chi connectivity index (χ4v) is 2.52. The minimum atomic E-state index is -0.525. The third kappa shape index (κ3) is 3.12. The summed E-state index contributed by atoms with van der Waals surface area (Å²) in [5, 5.41) is 9.09. The van der Waals surface area contributed by atoms with Gasteiger partial charge in [-0.2, -0.15) is 0 Å². The molecule has 4 rings (SSSR count). The van der Waals surface area contributed by atoms with Gasteiger partial charge in [0.1, 0.15) is 17.3 Å². The number of ether oxygens (including phenoxy) is 1. The van der Waals surface area contributed by atoms with E-state index in [0.29, 0.717) is 28.4 Å². The second-order valence-electron chi connectivity index (χ2n) is 5.59. The zero-order valence-corrected chi connectivity index (χ0v) is 13.3. The Balaban J connectivity index is 1.52. The lowest BCUT2D eigenvalue weighted by molar-refractivity contribution is -0.118. The molecule has 7 nitrogen and oxygen atoms in total. The lowest BCUT2D eigenvalue weighted by Gasteiger charge is -2.18. The minimum absolute atomic E-state index is 0.0257. The number of carbonyl (C=O) groups excluding carboxylic acids is 2. The standard InChI is InChI=1S/C18H12FN3O4/c19-11-3-1-2-10(6-11)13-8-16(26-22-13)18(24)20-12-4-5-15-14(7-12)21-17(23)9-25-15/h1-8H,9H2,(H,20,24)(H,21,23). The predicted molar refractivity (Wildman–Crippen MR) is 90.4 cm³/mol. The Morgan fingerprint density at radius 2 is 2.08 bits per heavy atom. The number of anilines is 2. The van der Waals surface area contributed by atoms with Crippen LogP contribution >= 0.6 is 0 Å². The van der Waals surface area contributed by atoms with Gasteiger partial charge in [-0.25, -0.2) is 4.39 Å². The van der Waals surface area contributed by atoms with Crippen LogP contribution in [-0.4, -0.2) is 23.6 Å². The van der Waals surface area contributed by atoms with Gasteiger partial charge in [0.2, 0.25) is 5.76 Å². The number of benzene rings is 2. The molecule has 0 saturated heterocycles. The van der Waals surface area contributed by atoms with Gasteiger partial charge in [-0.15, -0.1) is 0 Å². The highest BCUT2D eigenvalue weighted by molar-refractivity contribution is 6.03. The van der Waals surface area contributed by atoms with E-state index in [1.807, 2.05) is 0 Å². The molecule has 0 unspecified atom stereocenters. The summed E-state index contributed by atoms with van der Waals surface area (Å²) in [5.41, 5.74) is 1.77. The topological polar surface area (TPSA) is 93.5 Å². The molecule has 130 valence electrons. The van der Waals surface area contributed by atoms with Gasteiger partial charge in [0, 0.05) is 17.3 Å². The van der Waals surface area contributed by atoms with Crippen LogP contribution < -0.4 is 15.4 Å². The zero-order valence-electron chi connectivity index (χ0n) is 13.3. The van der Waals surface area contributed by atoms with E-state index in [0.717, 1.165) is 0 Å². The molecular weight excluding hydrogens is 341 g/mol. The number of nitrogens with zero attached hydrogens (tertiary/aromatic N) is 1. The number of carbonyl (C=O) groups is 2. The molecular formula is C18H12FN3O4. The normalized spacial score (nSPS) is 12.7. The van der Waals surface area contributed by atoms with Crippen molar-refractivity contribution < 1.29 is 23.2 Å². The van der Waals surface area contributed by atoms with Crippen LogP contribution in [0.4, 0.5) is 15.8 Å². The van der Waals surface area contributed by atoms with Crippen LogP contribution in [0, 0.1) is 5.82 Å². The fraction of sp³-hybridized carbons (Fsp3) is 0.0556. The van der Waals surface area contributed by atoms with Crippen molar-refractivity contribution >= 4 is 23.2 Å². The average molecular weight is 353 g/mol. The highest BCUT2D eigenvalue weighted by Gasteiger charge is 2.18. The molecule has 1 aromatic heterocycles. The molecule has 0 fully saturated rings. The third-order valence-electron chi connectivity index (χ3n) is 3.72. The lowest BCUT2D eigenvalue weighted by atomic mass is 10.1. The molecule has 0 aliphatic carbocycles. The maximum absolute atomic E-state index is 13.3. The van der Waals surface area contributed by atoms with Crippen LogP contribution in [0.1, 0.15) is 10.6 Å². The fourth-order valence-electron chi connectivity index (χ4n) is 2.52. The van der Waals surface area contributed by atoms with Crippen LogP contribution in [0.25, 0.3) is 11.3 Å². The van der Waals surface area contributed by atoms with E-state index < -0.39 is 11.7 Å². The Labute approximate surface area is 146 Å². The molecule has 1 aliphatic heterocycles. The van der Waals surface area contributed by atoms with Gasteiger partial charge < -0.3 is 19.9 Å². The number of fused-ring (bicyclic) bond motifs is 1. The number of nitrogens with one attached hydrogen (secondary N) is 2. The molecule has 2 heterocycles. The predicted octanol–water partition coefficient (Wildman–Crippen LogP) is 3.06. The van der Waals surface area contributed by atoms with Crippen molar-refractivity contribution in [3.63, 3.8) is 0 Å². The van der Waals surface area contributed by atoms with Crippen molar-refractivity contribution in [3.8, 4) is 17.0 Å². The summed E-state index contributed by atoms with van der Waals surface area (Å²) < 4.78 is 23.6. The lowest BCUT2D eigenvalue weighted by Crippen LogP contribution is -2.25. The first-order valence-electron chi connectivity index (χ1n) is 7.69. The third-order valence-corrected chi connectivity index (χ3v) is 3.72. The maximum atomic E-state index is 13.3. The number of rotatable bonds is 3. The van der Waals surface area contributed by atoms with Gasteiger partial charge in [-0.3, -0.25) is 9.59 Å². The van der Waals surface area contributed by atoms with Crippen molar-refractivity contribution in [1.82, 2.24) is 5.16 Å². The van der Waals surface area contributed by atoms with E-state index in [1.165, 1.54) is 18.2 Å². The first kappa shape index (κ1) is 15.8. The molecule has 0 atom stereocenters. The SMILES string of the molecule is O=C1COc2ccc(NC(=O)c3cc(-c4cccc(F)c4)no3)cc2N1. The number of amides is 2. The highest BCUT2D eigenvalue weighted by Crippen LogP contribution is 2.30. The number of aromatic nitrogens is 1. The molecule has 8 heteroatoms. The molecule has 2 amide bonds. The average Bonchev–Trinajstić information content (AvgIpc) is 3.12. The van der Waals surface area contributed by atoms with Gasteiger partial charge in [-0.05, 0) is 30.3 Å². The Kier molecular flexibility index (Phi) is 3.85. The van der Waals surface area contributed by atoms with Crippen LogP contribution in [0.15, 0.2) is 53.1 Å². The maximum Gasteiger partial charge on any atom is 0.294 e. The first-order valence-corrected chi connectivity index (χ1v) is 7.69. The molecule has 2 aromatic carbocycles. The van der Waals surface area contributed by atoms with Crippen molar-refractivity contribution in [2.24, 2.45) is 0 Å². The molecule has 0 spiro atoms. The Morgan fingerprint density at radius 3 is 2.92 bits per heavy atom. The summed E-state index contributed by atoms with van der Waals surface area (Å²) in [6.07, 6.45) is 0. The van der Waals surface area contributed by atoms with Gasteiger partial charge in [0.05, 0.1) is 5.69 Å². The molecule has 0 bridgehead atoms. The summed E-state index contributed by atoms with van der Waals surface area (Å²) in [6, 6.07) is 12.1. The zero-order chi connectivity index (χ0) is 18.1. The van der Waals surface area contributed by atoms with E-state index in [4.69, 9.17) is 9.26 Å². The number of halogens is 1. The van der Waals surface area contributed by atoms with Crippen LogP contribution in [0.5, 0.6) is 5.75 Å². The highest BCUT2D eigenvalue weighted by atomic mass is 19.1. The smallest absolute Gasteiger partial charge is 0.294 e. The Morgan fingerprint density at radius 1 is 1.19 bits per heavy atom.